The number of pyridine rings is 1. The Morgan fingerprint density at radius 3 is 2.47 bits per heavy atom. The first kappa shape index (κ1) is 30.7. The van der Waals surface area contributed by atoms with E-state index in [2.05, 4.69) is 15.6 Å². The molecule has 43 heavy (non-hydrogen) atoms. The maximum atomic E-state index is 12.9. The number of hydrogen-bond donors (Lipinski definition) is 4. The van der Waals surface area contributed by atoms with E-state index in [9.17, 15) is 33.0 Å². The zero-order valence-corrected chi connectivity index (χ0v) is 23.6. The van der Waals surface area contributed by atoms with E-state index < -0.39 is 23.2 Å². The van der Waals surface area contributed by atoms with Gasteiger partial charge in [0.05, 0.1) is 24.4 Å². The molecule has 11 heteroatoms. The van der Waals surface area contributed by atoms with Gasteiger partial charge in [-0.15, -0.1) is 0 Å². The van der Waals surface area contributed by atoms with Gasteiger partial charge in [-0.1, -0.05) is 36.4 Å². The molecule has 5 rings (SSSR count). The zero-order valence-electron chi connectivity index (χ0n) is 23.6. The molecule has 1 saturated carbocycles. The molecule has 3 aromatic rings. The third kappa shape index (κ3) is 7.23. The number of carbonyl (C=O) groups is 2. The molecule has 1 aliphatic carbocycles. The molecule has 1 aromatic heterocycles. The van der Waals surface area contributed by atoms with Gasteiger partial charge in [0.15, 0.2) is 0 Å². The molecule has 2 heterocycles. The van der Waals surface area contributed by atoms with Crippen LogP contribution in [0.3, 0.4) is 0 Å². The molecule has 1 aliphatic heterocycles. The number of nitrogens with one attached hydrogen (secondary N) is 2. The molecule has 1 unspecified atom stereocenters. The van der Waals surface area contributed by atoms with E-state index in [0.717, 1.165) is 54.2 Å². The average molecular weight is 597 g/mol. The summed E-state index contributed by atoms with van der Waals surface area (Å²) in [6.07, 6.45) is 0.486. The highest BCUT2D eigenvalue weighted by Gasteiger charge is 2.37. The summed E-state index contributed by atoms with van der Waals surface area (Å²) in [5.41, 5.74) is 1.13. The molecule has 2 fully saturated rings. The van der Waals surface area contributed by atoms with Crippen molar-refractivity contribution in [2.75, 3.05) is 19.6 Å². The minimum atomic E-state index is -4.56. The van der Waals surface area contributed by atoms with Gasteiger partial charge < -0.3 is 25.7 Å². The largest absolute Gasteiger partial charge is 0.416 e. The Labute approximate surface area is 247 Å². The van der Waals surface area contributed by atoms with Crippen molar-refractivity contribution in [2.24, 2.45) is 0 Å². The number of alkyl halides is 3. The Kier molecular flexibility index (Phi) is 9.14. The number of hydrogen-bond acceptors (Lipinski definition) is 6. The van der Waals surface area contributed by atoms with Crippen LogP contribution in [-0.4, -0.2) is 63.6 Å². The van der Waals surface area contributed by atoms with E-state index in [-0.39, 0.29) is 36.7 Å². The van der Waals surface area contributed by atoms with Gasteiger partial charge in [0.1, 0.15) is 5.60 Å². The summed E-state index contributed by atoms with van der Waals surface area (Å²) >= 11 is 0. The van der Waals surface area contributed by atoms with E-state index in [1.165, 1.54) is 6.07 Å². The molecule has 8 nitrogen and oxygen atoms in total. The van der Waals surface area contributed by atoms with Crippen molar-refractivity contribution < 1.29 is 33.0 Å². The predicted molar refractivity (Wildman–Crippen MR) is 154 cm³/mol. The lowest BCUT2D eigenvalue weighted by Crippen LogP contribution is -2.46. The van der Waals surface area contributed by atoms with Crippen molar-refractivity contribution in [2.45, 2.75) is 62.6 Å². The fraction of sp³-hybridized carbons (Fsp3) is 0.406. The molecule has 1 saturated heterocycles. The first-order chi connectivity index (χ1) is 20.6. The summed E-state index contributed by atoms with van der Waals surface area (Å²) in [6, 6.07) is 15.7. The molecule has 0 bridgehead atoms. The van der Waals surface area contributed by atoms with Gasteiger partial charge in [0.25, 0.3) is 5.91 Å². The number of rotatable bonds is 8. The Balaban J connectivity index is 1.08. The first-order valence-corrected chi connectivity index (χ1v) is 14.4. The molecule has 1 atom stereocenters. The third-order valence-electron chi connectivity index (χ3n) is 8.42. The van der Waals surface area contributed by atoms with E-state index >= 15 is 0 Å². The number of aromatic nitrogens is 1. The Morgan fingerprint density at radius 1 is 1.00 bits per heavy atom. The van der Waals surface area contributed by atoms with Crippen molar-refractivity contribution in [1.82, 2.24) is 20.5 Å². The second kappa shape index (κ2) is 12.8. The highest BCUT2D eigenvalue weighted by molar-refractivity contribution is 5.96. The molecule has 2 aliphatic rings. The van der Waals surface area contributed by atoms with Gasteiger partial charge in [-0.25, -0.2) is 0 Å². The molecular weight excluding hydrogens is 561 g/mol. The number of nitrogens with zero attached hydrogens (tertiary/aromatic N) is 2. The van der Waals surface area contributed by atoms with Crippen LogP contribution < -0.4 is 10.6 Å². The highest BCUT2D eigenvalue weighted by atomic mass is 19.4. The smallest absolute Gasteiger partial charge is 0.392 e. The molecule has 2 amide bonds. The topological polar surface area (TPSA) is 115 Å². The number of benzene rings is 2. The maximum Gasteiger partial charge on any atom is 0.416 e. The molecular formula is C32H35F3N4O4. The van der Waals surface area contributed by atoms with Crippen LogP contribution in [0.15, 0.2) is 66.9 Å². The second-order valence-corrected chi connectivity index (χ2v) is 11.3. The van der Waals surface area contributed by atoms with Crippen molar-refractivity contribution in [3.05, 3.63) is 89.2 Å². The van der Waals surface area contributed by atoms with Gasteiger partial charge >= 0.3 is 6.18 Å². The lowest BCUT2D eigenvalue weighted by molar-refractivity contribution is -0.137. The Bertz CT molecular complexity index is 1440. The van der Waals surface area contributed by atoms with Crippen LogP contribution in [0.5, 0.6) is 0 Å². The van der Waals surface area contributed by atoms with Gasteiger partial charge in [-0.3, -0.25) is 14.6 Å². The maximum absolute atomic E-state index is 12.9. The van der Waals surface area contributed by atoms with Crippen molar-refractivity contribution in [1.29, 1.82) is 0 Å². The number of likely N-dealkylation sites (tertiary alicyclic amines) is 1. The summed E-state index contributed by atoms with van der Waals surface area (Å²) in [7, 11) is 0. The number of carbonyl (C=O) groups excluding carboxylic acids is 2. The van der Waals surface area contributed by atoms with E-state index in [1.54, 1.807) is 11.1 Å². The van der Waals surface area contributed by atoms with Crippen LogP contribution in [0.1, 0.15) is 59.3 Å². The fourth-order valence-electron chi connectivity index (χ4n) is 5.95. The van der Waals surface area contributed by atoms with E-state index in [4.69, 9.17) is 0 Å². The number of amides is 2. The van der Waals surface area contributed by atoms with Crippen LogP contribution >= 0.6 is 0 Å². The van der Waals surface area contributed by atoms with Gasteiger partial charge in [0.2, 0.25) is 5.91 Å². The van der Waals surface area contributed by atoms with Gasteiger partial charge in [-0.05, 0) is 67.5 Å². The minimum Gasteiger partial charge on any atom is -0.392 e. The first-order valence-electron chi connectivity index (χ1n) is 14.4. The Hall–Kier alpha value is -3.80. The van der Waals surface area contributed by atoms with Crippen molar-refractivity contribution >= 4 is 11.8 Å². The minimum absolute atomic E-state index is 0.0664. The predicted octanol–water partition coefficient (Wildman–Crippen LogP) is 4.01. The van der Waals surface area contributed by atoms with Crippen LogP contribution in [0.25, 0.3) is 11.1 Å². The summed E-state index contributed by atoms with van der Waals surface area (Å²) < 4.78 is 38.8. The number of halogens is 3. The monoisotopic (exact) mass is 596 g/mol. The summed E-state index contributed by atoms with van der Waals surface area (Å²) in [6.45, 7) is 0.623. The summed E-state index contributed by atoms with van der Waals surface area (Å²) in [5.74, 6) is -1.03. The Morgan fingerprint density at radius 2 is 1.77 bits per heavy atom. The van der Waals surface area contributed by atoms with Crippen molar-refractivity contribution in [3.8, 4) is 11.1 Å². The van der Waals surface area contributed by atoms with Crippen LogP contribution in [0, 0.1) is 0 Å². The summed E-state index contributed by atoms with van der Waals surface area (Å²) in [4.78, 5) is 31.2. The standard InChI is InChI=1S/C32H35F3N4O4/c33-32(34,35)24-6-3-5-21(16-24)30(42)37-18-29(41)39-15-12-26(19-39)38-25-10-13-31(43,14-11-25)28-9-8-22(17-36-28)27-7-2-1-4-23(27)20-40/h1-9,16-17,25-26,38,40,43H,10-15,18-20H2,(H,37,42). The quantitative estimate of drug-likeness (QED) is 0.313. The van der Waals surface area contributed by atoms with E-state index in [1.807, 2.05) is 36.4 Å². The second-order valence-electron chi connectivity index (χ2n) is 11.3. The SMILES string of the molecule is O=C(NCC(=O)N1CCC(NC2CCC(O)(c3ccc(-c4ccccc4CO)cn3)CC2)C1)c1cccc(C(F)(F)F)c1. The number of aliphatic hydroxyl groups excluding tert-OH is 1. The zero-order chi connectivity index (χ0) is 30.6. The molecule has 0 spiro atoms. The van der Waals surface area contributed by atoms with Crippen molar-refractivity contribution in [3.63, 3.8) is 0 Å². The molecule has 2 aromatic carbocycles. The van der Waals surface area contributed by atoms with Gasteiger partial charge in [0, 0.05) is 42.5 Å². The summed E-state index contributed by atoms with van der Waals surface area (Å²) in [5, 5.41) is 27.0. The van der Waals surface area contributed by atoms with Crippen LogP contribution in [0.4, 0.5) is 13.2 Å². The van der Waals surface area contributed by atoms with Crippen LogP contribution in [0.2, 0.25) is 0 Å². The lowest BCUT2D eigenvalue weighted by atomic mass is 9.79. The molecule has 228 valence electrons. The fourth-order valence-corrected chi connectivity index (χ4v) is 5.95. The molecule has 4 N–H and O–H groups in total. The normalized spacial score (nSPS) is 22.4. The lowest BCUT2D eigenvalue weighted by Gasteiger charge is -2.37. The third-order valence-corrected chi connectivity index (χ3v) is 8.42. The number of aliphatic hydroxyl groups is 2. The van der Waals surface area contributed by atoms with E-state index in [0.29, 0.717) is 31.6 Å². The average Bonchev–Trinajstić information content (AvgIpc) is 3.49. The highest BCUT2D eigenvalue weighted by Crippen LogP contribution is 2.37. The van der Waals surface area contributed by atoms with Crippen LogP contribution in [-0.2, 0) is 23.2 Å². The molecule has 0 radical (unpaired) electrons. The van der Waals surface area contributed by atoms with Gasteiger partial charge in [-0.2, -0.15) is 13.2 Å².